The van der Waals surface area contributed by atoms with Gasteiger partial charge in [-0.1, -0.05) is 24.8 Å². The minimum atomic E-state index is -2.99. The van der Waals surface area contributed by atoms with E-state index in [2.05, 4.69) is 0 Å². The Hall–Kier alpha value is 0.150. The lowest BCUT2D eigenvalue weighted by atomic mass is 10.3. The summed E-state index contributed by atoms with van der Waals surface area (Å²) in [6.07, 6.45) is 0.897. The fourth-order valence-electron chi connectivity index (χ4n) is 1.13. The van der Waals surface area contributed by atoms with E-state index in [9.17, 15) is 0 Å². The molecule has 4 N–H and O–H groups in total. The number of hydrogen-bond acceptors (Lipinski definition) is 5. The van der Waals surface area contributed by atoms with Gasteiger partial charge < -0.3 is 4.74 Å². The SMILES string of the molecule is CC.COC1CCN(S(N)(O)O)C1. The third kappa shape index (κ3) is 4.26. The Labute approximate surface area is 81.5 Å². The van der Waals surface area contributed by atoms with Crippen LogP contribution < -0.4 is 5.14 Å². The lowest BCUT2D eigenvalue weighted by Crippen LogP contribution is -2.31. The van der Waals surface area contributed by atoms with E-state index in [1.165, 1.54) is 4.31 Å². The van der Waals surface area contributed by atoms with Crippen LogP contribution in [0.4, 0.5) is 0 Å². The van der Waals surface area contributed by atoms with Crippen molar-refractivity contribution in [3.63, 3.8) is 0 Å². The summed E-state index contributed by atoms with van der Waals surface area (Å²) >= 11 is 0. The predicted molar refractivity (Wildman–Crippen MR) is 55.4 cm³/mol. The van der Waals surface area contributed by atoms with Crippen LogP contribution >= 0.6 is 11.0 Å². The quantitative estimate of drug-likeness (QED) is 0.642. The molecule has 82 valence electrons. The molecule has 0 radical (unpaired) electrons. The summed E-state index contributed by atoms with van der Waals surface area (Å²) in [5, 5.41) is 5.12. The van der Waals surface area contributed by atoms with Gasteiger partial charge in [0.25, 0.3) is 0 Å². The molecule has 0 aliphatic carbocycles. The highest BCUT2D eigenvalue weighted by molar-refractivity contribution is 8.20. The number of rotatable bonds is 2. The second-order valence-corrected chi connectivity index (χ2v) is 4.23. The molecule has 1 fully saturated rings. The van der Waals surface area contributed by atoms with Crippen molar-refractivity contribution in [2.24, 2.45) is 5.14 Å². The highest BCUT2D eigenvalue weighted by atomic mass is 32.3. The third-order valence-electron chi connectivity index (χ3n) is 1.82. The molecule has 0 amide bonds. The molecule has 0 aromatic rings. The van der Waals surface area contributed by atoms with Crippen LogP contribution in [0, 0.1) is 0 Å². The average molecular weight is 212 g/mol. The van der Waals surface area contributed by atoms with Gasteiger partial charge in [-0.05, 0) is 6.42 Å². The Morgan fingerprint density at radius 2 is 2.00 bits per heavy atom. The van der Waals surface area contributed by atoms with Crippen LogP contribution in [0.1, 0.15) is 20.3 Å². The summed E-state index contributed by atoms with van der Waals surface area (Å²) < 4.78 is 24.5. The molecule has 0 bridgehead atoms. The lowest BCUT2D eigenvalue weighted by Gasteiger charge is -2.35. The van der Waals surface area contributed by atoms with Crippen molar-refractivity contribution in [1.82, 2.24) is 4.31 Å². The summed E-state index contributed by atoms with van der Waals surface area (Å²) in [7, 11) is -1.38. The fourth-order valence-corrected chi connectivity index (χ4v) is 1.89. The van der Waals surface area contributed by atoms with Gasteiger partial charge in [-0.25, -0.2) is 5.14 Å². The molecule has 1 unspecified atom stereocenters. The van der Waals surface area contributed by atoms with Crippen molar-refractivity contribution in [1.29, 1.82) is 0 Å². The first-order chi connectivity index (χ1) is 6.04. The summed E-state index contributed by atoms with van der Waals surface area (Å²) in [5.41, 5.74) is 0. The minimum Gasteiger partial charge on any atom is -0.380 e. The van der Waals surface area contributed by atoms with E-state index < -0.39 is 11.0 Å². The largest absolute Gasteiger partial charge is 0.380 e. The maximum Gasteiger partial charge on any atom is 0.0728 e. The minimum absolute atomic E-state index is 0.0877. The molecule has 6 heteroatoms. The Morgan fingerprint density at radius 1 is 1.46 bits per heavy atom. The molecule has 1 heterocycles. The van der Waals surface area contributed by atoms with Crippen molar-refractivity contribution in [2.75, 3.05) is 20.2 Å². The van der Waals surface area contributed by atoms with Crippen LogP contribution in [0.5, 0.6) is 0 Å². The van der Waals surface area contributed by atoms with Crippen molar-refractivity contribution in [3.05, 3.63) is 0 Å². The van der Waals surface area contributed by atoms with E-state index in [0.717, 1.165) is 6.42 Å². The lowest BCUT2D eigenvalue weighted by molar-refractivity contribution is 0.114. The van der Waals surface area contributed by atoms with Crippen LogP contribution in [0.15, 0.2) is 0 Å². The number of hydrogen-bond donors (Lipinski definition) is 3. The molecule has 13 heavy (non-hydrogen) atoms. The average Bonchev–Trinajstić information content (AvgIpc) is 2.54. The first-order valence-corrected chi connectivity index (χ1v) is 5.94. The maximum absolute atomic E-state index is 9.02. The Bertz CT molecular complexity index is 140. The Morgan fingerprint density at radius 3 is 2.23 bits per heavy atom. The smallest absolute Gasteiger partial charge is 0.0728 e. The van der Waals surface area contributed by atoms with Crippen LogP contribution in [0.3, 0.4) is 0 Å². The second-order valence-electron chi connectivity index (χ2n) is 2.60. The van der Waals surface area contributed by atoms with Gasteiger partial charge >= 0.3 is 0 Å². The Balaban J connectivity index is 0.000000671. The molecule has 1 saturated heterocycles. The first kappa shape index (κ1) is 13.2. The molecule has 1 aliphatic rings. The van der Waals surface area contributed by atoms with Gasteiger partial charge in [-0.2, -0.15) is 4.31 Å². The zero-order valence-electron chi connectivity index (χ0n) is 8.43. The molecule has 5 nitrogen and oxygen atoms in total. The van der Waals surface area contributed by atoms with Gasteiger partial charge in [0, 0.05) is 20.2 Å². The Kier molecular flexibility index (Phi) is 5.86. The predicted octanol–water partition coefficient (Wildman–Crippen LogP) is 1.27. The van der Waals surface area contributed by atoms with Gasteiger partial charge in [-0.3, -0.25) is 9.11 Å². The molecule has 0 aromatic carbocycles. The van der Waals surface area contributed by atoms with Gasteiger partial charge in [0.2, 0.25) is 0 Å². The van der Waals surface area contributed by atoms with E-state index in [0.29, 0.717) is 13.1 Å². The van der Waals surface area contributed by atoms with Crippen molar-refractivity contribution < 1.29 is 13.8 Å². The third-order valence-corrected chi connectivity index (χ3v) is 2.91. The van der Waals surface area contributed by atoms with Gasteiger partial charge in [0.1, 0.15) is 0 Å². The number of nitrogens with two attached hydrogens (primary N) is 1. The zero-order valence-corrected chi connectivity index (χ0v) is 9.25. The molecule has 1 aliphatic heterocycles. The number of ether oxygens (including phenoxy) is 1. The van der Waals surface area contributed by atoms with Gasteiger partial charge in [0.15, 0.2) is 0 Å². The van der Waals surface area contributed by atoms with Gasteiger partial charge in [-0.15, -0.1) is 0 Å². The normalized spacial score (nSPS) is 25.2. The molecule has 0 saturated carbocycles. The molecule has 0 aromatic heterocycles. The second kappa shape index (κ2) is 5.79. The van der Waals surface area contributed by atoms with Crippen molar-refractivity contribution >= 4 is 11.0 Å². The zero-order chi connectivity index (χ0) is 10.5. The topological polar surface area (TPSA) is 79.0 Å². The molecule has 1 rings (SSSR count). The van der Waals surface area contributed by atoms with Crippen LogP contribution in [-0.2, 0) is 4.74 Å². The van der Waals surface area contributed by atoms with Crippen LogP contribution in [0.25, 0.3) is 0 Å². The fraction of sp³-hybridized carbons (Fsp3) is 1.00. The summed E-state index contributed by atoms with van der Waals surface area (Å²) in [6, 6.07) is 0. The summed E-state index contributed by atoms with van der Waals surface area (Å²) in [5.74, 6) is 0. The molecule has 0 spiro atoms. The maximum atomic E-state index is 9.02. The highest BCUT2D eigenvalue weighted by Gasteiger charge is 2.28. The summed E-state index contributed by atoms with van der Waals surface area (Å²) in [4.78, 5) is 0. The van der Waals surface area contributed by atoms with E-state index >= 15 is 0 Å². The number of methoxy groups -OCH3 is 1. The molecule has 1 atom stereocenters. The molecular weight excluding hydrogens is 192 g/mol. The van der Waals surface area contributed by atoms with E-state index in [4.69, 9.17) is 19.0 Å². The van der Waals surface area contributed by atoms with E-state index in [1.54, 1.807) is 7.11 Å². The van der Waals surface area contributed by atoms with Crippen LogP contribution in [-0.4, -0.2) is 39.7 Å². The monoisotopic (exact) mass is 212 g/mol. The van der Waals surface area contributed by atoms with Gasteiger partial charge in [0.05, 0.1) is 6.10 Å². The standard InChI is InChI=1S/C5H14N2O3S.C2H6/c1-10-5-2-3-7(4-5)11(6,8)9;1-2/h5,8-9H,2-4,6H2,1H3;1-2H3. The van der Waals surface area contributed by atoms with Crippen LogP contribution in [0.2, 0.25) is 0 Å². The summed E-state index contributed by atoms with van der Waals surface area (Å²) in [6.45, 7) is 5.10. The number of nitrogens with zero attached hydrogens (tertiary/aromatic N) is 1. The van der Waals surface area contributed by atoms with E-state index in [-0.39, 0.29) is 6.10 Å². The van der Waals surface area contributed by atoms with E-state index in [1.807, 2.05) is 13.8 Å². The molecular formula is C7H20N2O3S. The first-order valence-electron chi connectivity index (χ1n) is 4.38. The van der Waals surface area contributed by atoms with Crippen molar-refractivity contribution in [3.8, 4) is 0 Å². The van der Waals surface area contributed by atoms with Crippen molar-refractivity contribution in [2.45, 2.75) is 26.4 Å². The highest BCUT2D eigenvalue weighted by Crippen LogP contribution is 2.37.